The number of halogens is 2. The highest BCUT2D eigenvalue weighted by molar-refractivity contribution is 9.08. The fourth-order valence-electron chi connectivity index (χ4n) is 11.9. The van der Waals surface area contributed by atoms with Crippen molar-refractivity contribution >= 4 is 122 Å². The molecule has 772 valence electrons. The number of nitrogens with one attached hydrogen (secondary N) is 1. The molecule has 0 amide bonds. The number of furan rings is 2. The summed E-state index contributed by atoms with van der Waals surface area (Å²) in [5, 5.41) is 52.2. The quantitative estimate of drug-likeness (QED) is 0.00466. The second-order valence-corrected chi connectivity index (χ2v) is 44.0. The number of benzene rings is 5. The molecule has 7 aromatic rings. The van der Waals surface area contributed by atoms with Gasteiger partial charge in [-0.3, -0.25) is 38.4 Å². The molecule has 2 heterocycles. The summed E-state index contributed by atoms with van der Waals surface area (Å²) in [4.78, 5) is 103. The van der Waals surface area contributed by atoms with Gasteiger partial charge in [0.1, 0.15) is 58.7 Å². The van der Waals surface area contributed by atoms with Crippen LogP contribution >= 0.6 is 26.6 Å². The zero-order valence-corrected chi connectivity index (χ0v) is 88.3. The number of rotatable bonds is 44. The first kappa shape index (κ1) is 128. The first-order chi connectivity index (χ1) is 63.8. The predicted octanol–water partition coefficient (Wildman–Crippen LogP) is 18.8. The molecule has 0 radical (unpaired) electrons. The Kier molecular flexibility index (Phi) is 62.9. The largest absolute Gasteiger partial charge is 0.481 e. The van der Waals surface area contributed by atoms with E-state index < -0.39 is 70.9 Å². The monoisotopic (exact) mass is 2050 g/mol. The maximum atomic E-state index is 13.3. The molecule has 5 aromatic carbocycles. The van der Waals surface area contributed by atoms with Crippen molar-refractivity contribution in [3.05, 3.63) is 169 Å². The van der Waals surface area contributed by atoms with Crippen LogP contribution in [-0.4, -0.2) is 188 Å². The van der Waals surface area contributed by atoms with Gasteiger partial charge in [0.15, 0.2) is 0 Å². The lowest BCUT2D eigenvalue weighted by molar-refractivity contribution is -0.160. The third-order valence-corrected chi connectivity index (χ3v) is 22.2. The van der Waals surface area contributed by atoms with Crippen molar-refractivity contribution in [1.82, 2.24) is 9.62 Å². The molecule has 0 bridgehead atoms. The minimum absolute atomic E-state index is 0.0143. The van der Waals surface area contributed by atoms with Crippen LogP contribution in [0.5, 0.6) is 0 Å². The van der Waals surface area contributed by atoms with E-state index in [1.165, 1.54) is 34.5 Å². The van der Waals surface area contributed by atoms with E-state index in [9.17, 15) is 80.4 Å². The Bertz CT molecular complexity index is 4800. The number of sulfonamides is 1. The van der Waals surface area contributed by atoms with Crippen molar-refractivity contribution in [2.24, 2.45) is 53.1 Å². The molecule has 0 spiro atoms. The van der Waals surface area contributed by atoms with Gasteiger partial charge in [-0.05, 0) is 269 Å². The summed E-state index contributed by atoms with van der Waals surface area (Å²) in [5.74, 6) is -4.08. The van der Waals surface area contributed by atoms with Crippen LogP contribution < -0.4 is 11.1 Å². The van der Waals surface area contributed by atoms with Crippen molar-refractivity contribution in [1.29, 1.82) is 0 Å². The number of hydrogen-bond acceptors (Lipinski definition) is 28. The summed E-state index contributed by atoms with van der Waals surface area (Å²) in [5.41, 5.74) is 7.09. The number of carboxylic acids is 1. The van der Waals surface area contributed by atoms with E-state index in [2.05, 4.69) is 47.2 Å². The first-order valence-corrected chi connectivity index (χ1v) is 51.2. The topological polar surface area (TPSA) is 455 Å². The second-order valence-electron chi connectivity index (χ2n) is 38.9. The van der Waals surface area contributed by atoms with Crippen LogP contribution in [0.1, 0.15) is 252 Å². The summed E-state index contributed by atoms with van der Waals surface area (Å²) in [6, 6.07) is 41.7. The molecule has 0 aliphatic carbocycles. The maximum Gasteiger partial charge on any atom is 0.307 e. The molecule has 0 fully saturated rings. The molecule has 137 heavy (non-hydrogen) atoms. The van der Waals surface area contributed by atoms with Crippen molar-refractivity contribution in [2.75, 3.05) is 59.2 Å². The standard InChI is InChI=1S/C22H33NO6S.C19H26O6.C19H28O5.C14H29NO3.C10H21NO3.C8H5ClO3S.C7H7Br.C4H8O/c1-16(2)14-23(10-8-17(15-24)12-21(25)29-22(3,4)5)30(26,27)19-6-7-20-18(13-19)9-11-28-20;1-19(2,3)25-17(21)12-15(18(22)23)10-7-11-16(20)24-13-14-8-5-4-6-9-14;1-19(2,3)24-18(22)12-16(13-20)10-7-11-17(21)23-14-15-8-5-4-6-9-15;1-11(2)9-15-7-6-12(10-16)8-13(17)18-14(3,4)5;1-10(2,3)14-9(13)6-8(7-12)4-5-11;9-13(10,11)7-1-2-8-6(5-7)3-4-12-8;8-6-7-4-2-1-3-5-7;1-4(2)3-5/h6-7,9,11,13,16-17,24H,8,10,12,14-15H2,1-5H3;4-6,8-9,15H,7,10-13H2,1-3H3,(H,22,23);4-6,8-9,16,20H,7,10-14H2,1-3H3;11-12,15-16H,6-10H2,1-5H3;8,12H,4-7,11H2,1-3H3;1-5H;1-5H,6H2;3-4H,1-2H3/t17-;15-;16-;12-;8-;;;/m11111.../s1. The number of ether oxygens (including phenoxy) is 7. The number of nitrogens with two attached hydrogens (primary N) is 1. The third kappa shape index (κ3) is 66.3. The second kappa shape index (κ2) is 67.4. The van der Waals surface area contributed by atoms with Crippen molar-refractivity contribution in [3.8, 4) is 0 Å². The first-order valence-electron chi connectivity index (χ1n) is 46.3. The summed E-state index contributed by atoms with van der Waals surface area (Å²) >= 11 is 3.36. The van der Waals surface area contributed by atoms with E-state index >= 15 is 0 Å². The normalized spacial score (nSPS) is 12.7. The molecule has 0 aliphatic rings. The number of aliphatic hydroxyl groups is 4. The van der Waals surface area contributed by atoms with Crippen molar-refractivity contribution < 1.29 is 128 Å². The molecule has 0 saturated carbocycles. The Hall–Kier alpha value is -9.00. The number of aliphatic hydroxyl groups excluding tert-OH is 4. The van der Waals surface area contributed by atoms with Gasteiger partial charge >= 0.3 is 47.8 Å². The molecule has 0 aliphatic heterocycles. The Morgan fingerprint density at radius 3 is 1.13 bits per heavy atom. The Balaban J connectivity index is 0.00000160. The zero-order chi connectivity index (χ0) is 104. The predicted molar refractivity (Wildman–Crippen MR) is 536 cm³/mol. The summed E-state index contributed by atoms with van der Waals surface area (Å²) in [6.07, 6.45) is 8.37. The van der Waals surface area contributed by atoms with E-state index in [4.69, 9.17) is 63.5 Å². The van der Waals surface area contributed by atoms with Crippen LogP contribution in [0.2, 0.25) is 0 Å². The summed E-state index contributed by atoms with van der Waals surface area (Å²) < 4.78 is 96.6. The van der Waals surface area contributed by atoms with Crippen LogP contribution in [0, 0.1) is 47.3 Å². The van der Waals surface area contributed by atoms with Gasteiger partial charge in [0.05, 0.1) is 60.3 Å². The average molecular weight is 2050 g/mol. The SMILES string of the molecule is BrCc1ccccc1.CC(C)(C)OC(=O)C[C@@H](CCCC(=O)OCc1ccccc1)C(=O)O.CC(C)(C)OC(=O)C[C@H](CO)CCCC(=O)OCc1ccccc1.CC(C)(C)OC(=O)C[C@H](CO)CCN.CC(C)C=O.CC(C)CN(CC[C@@H](CO)CC(=O)OC(C)(C)C)S(=O)(=O)c1ccc2occc2c1.CC(C)CNCC[C@@H](CO)CC(=O)OC(C)(C)C.O=S(=O)(Cl)c1ccc2occc2c1. The Morgan fingerprint density at radius 1 is 0.460 bits per heavy atom. The lowest BCUT2D eigenvalue weighted by Crippen LogP contribution is -2.36. The van der Waals surface area contributed by atoms with Crippen LogP contribution in [0.15, 0.2) is 171 Å². The van der Waals surface area contributed by atoms with E-state index in [1.54, 1.807) is 77.9 Å². The van der Waals surface area contributed by atoms with Gasteiger partial charge < -0.3 is 83.4 Å². The number of alkyl halides is 1. The van der Waals surface area contributed by atoms with Gasteiger partial charge in [-0.25, -0.2) is 16.8 Å². The number of aliphatic carboxylic acids is 1. The van der Waals surface area contributed by atoms with Crippen LogP contribution in [0.4, 0.5) is 0 Å². The molecule has 2 aromatic heterocycles. The van der Waals surface area contributed by atoms with Crippen LogP contribution in [-0.2, 0) is 114 Å². The average Bonchev–Trinajstić information content (AvgIpc) is 1.77. The van der Waals surface area contributed by atoms with Gasteiger partial charge in [-0.15, -0.1) is 0 Å². The molecule has 5 atom stereocenters. The zero-order valence-electron chi connectivity index (χ0n) is 84.3. The molecule has 0 unspecified atom stereocenters. The minimum Gasteiger partial charge on any atom is -0.481 e. The lowest BCUT2D eigenvalue weighted by Gasteiger charge is -2.26. The molecule has 8 N–H and O–H groups in total. The molecular formula is C103H157BrClN3O27S2. The maximum absolute atomic E-state index is 13.3. The van der Waals surface area contributed by atoms with Gasteiger partial charge in [-0.2, -0.15) is 4.31 Å². The van der Waals surface area contributed by atoms with Gasteiger partial charge in [0, 0.05) is 85.1 Å². The number of hydrogen-bond donors (Lipinski definition) is 7. The highest BCUT2D eigenvalue weighted by Gasteiger charge is 2.31. The lowest BCUT2D eigenvalue weighted by atomic mass is 9.98. The Labute approximate surface area is 826 Å². The Morgan fingerprint density at radius 2 is 0.803 bits per heavy atom. The number of carbonyl (C=O) groups excluding carboxylic acids is 8. The highest BCUT2D eigenvalue weighted by Crippen LogP contribution is 2.28. The van der Waals surface area contributed by atoms with Crippen molar-refractivity contribution in [3.63, 3.8) is 0 Å². The van der Waals surface area contributed by atoms with E-state index in [1.807, 2.05) is 169 Å². The molecule has 34 heteroatoms. The smallest absolute Gasteiger partial charge is 0.307 e. The fourth-order valence-corrected chi connectivity index (χ4v) is 14.8. The van der Waals surface area contributed by atoms with Crippen molar-refractivity contribution in [2.45, 2.75) is 292 Å². The number of carbonyl (C=O) groups is 9. The van der Waals surface area contributed by atoms with E-state index in [0.29, 0.717) is 62.3 Å². The number of carboxylic acid groups (broad SMARTS) is 1. The third-order valence-electron chi connectivity index (χ3n) is 18.4. The highest BCUT2D eigenvalue weighted by atomic mass is 79.9. The van der Waals surface area contributed by atoms with E-state index in [0.717, 1.165) is 53.0 Å². The van der Waals surface area contributed by atoms with Crippen LogP contribution in [0.25, 0.3) is 21.9 Å². The number of fused-ring (bicyclic) bond motifs is 2. The molecule has 7 rings (SSSR count). The summed E-state index contributed by atoms with van der Waals surface area (Å²) in [6.45, 7) is 41.9. The number of nitrogens with zero attached hydrogens (tertiary/aromatic N) is 1. The van der Waals surface area contributed by atoms with Gasteiger partial charge in [0.2, 0.25) is 10.0 Å². The van der Waals surface area contributed by atoms with E-state index in [-0.39, 0.29) is 173 Å². The van der Waals surface area contributed by atoms with Crippen LogP contribution in [0.3, 0.4) is 0 Å². The molecular weight excluding hydrogens is 1890 g/mol. The summed E-state index contributed by atoms with van der Waals surface area (Å²) in [7, 11) is -2.21. The molecule has 0 saturated heterocycles. The molecule has 30 nitrogen and oxygen atoms in total. The number of aldehydes is 1. The van der Waals surface area contributed by atoms with Gasteiger partial charge in [0.25, 0.3) is 9.05 Å². The fraction of sp³-hybridized carbons (Fsp3) is 0.583. The minimum atomic E-state index is -3.73. The van der Waals surface area contributed by atoms with Gasteiger partial charge in [-0.1, -0.05) is 148 Å². The number of esters is 7.